The molecule has 0 bridgehead atoms. The molecule has 1 nitrogen and oxygen atoms in total. The summed E-state index contributed by atoms with van der Waals surface area (Å²) in [5.74, 6) is -0.355. The van der Waals surface area contributed by atoms with E-state index >= 15 is 0 Å². The third-order valence-corrected chi connectivity index (χ3v) is 3.92. The van der Waals surface area contributed by atoms with Crippen LogP contribution in [0, 0.1) is 11.2 Å². The minimum Gasteiger partial charge on any atom is -0.316 e. The van der Waals surface area contributed by atoms with Gasteiger partial charge in [-0.2, -0.15) is 0 Å². The molecular weight excluding hydrogens is 237 g/mol. The summed E-state index contributed by atoms with van der Waals surface area (Å²) in [5, 5.41) is 3.54. The maximum Gasteiger partial charge on any atom is 0.141 e. The molecule has 3 heteroatoms. The first-order valence-corrected chi connectivity index (χ1v) is 6.39. The molecule has 0 aromatic heterocycles. The van der Waals surface area contributed by atoms with Gasteiger partial charge in [0.05, 0.1) is 5.02 Å². The van der Waals surface area contributed by atoms with Gasteiger partial charge in [0.1, 0.15) is 5.82 Å². The van der Waals surface area contributed by atoms with Crippen LogP contribution in [0.1, 0.15) is 32.8 Å². The molecule has 0 radical (unpaired) electrons. The van der Waals surface area contributed by atoms with E-state index in [0.29, 0.717) is 6.04 Å². The van der Waals surface area contributed by atoms with Crippen molar-refractivity contribution in [3.63, 3.8) is 0 Å². The van der Waals surface area contributed by atoms with Gasteiger partial charge in [0, 0.05) is 6.04 Å². The van der Waals surface area contributed by atoms with Gasteiger partial charge < -0.3 is 5.32 Å². The first-order valence-electron chi connectivity index (χ1n) is 6.02. The third kappa shape index (κ3) is 3.68. The molecule has 0 saturated heterocycles. The lowest BCUT2D eigenvalue weighted by Crippen LogP contribution is -2.41. The maximum atomic E-state index is 13.1. The van der Waals surface area contributed by atoms with Gasteiger partial charge >= 0.3 is 0 Å². The van der Waals surface area contributed by atoms with Crippen LogP contribution in [0.4, 0.5) is 4.39 Å². The lowest BCUT2D eigenvalue weighted by atomic mass is 9.79. The molecule has 1 aromatic carbocycles. The van der Waals surface area contributed by atoms with Crippen molar-refractivity contribution in [1.82, 2.24) is 5.32 Å². The quantitative estimate of drug-likeness (QED) is 0.839. The topological polar surface area (TPSA) is 12.0 Å². The Kier molecular flexibility index (Phi) is 4.96. The molecule has 1 aromatic rings. The highest BCUT2D eigenvalue weighted by atomic mass is 35.5. The fourth-order valence-corrected chi connectivity index (χ4v) is 2.12. The normalized spacial score (nSPS) is 13.8. The zero-order valence-electron chi connectivity index (χ0n) is 11.0. The van der Waals surface area contributed by atoms with E-state index in [1.807, 2.05) is 7.05 Å². The SMILES string of the molecule is CCC(C)(C)C(Cc1ccc(F)c(Cl)c1)NC. The van der Waals surface area contributed by atoms with Crippen LogP contribution in [-0.2, 0) is 6.42 Å². The van der Waals surface area contributed by atoms with Gasteiger partial charge in [-0.25, -0.2) is 4.39 Å². The lowest BCUT2D eigenvalue weighted by molar-refractivity contribution is 0.240. The first-order chi connectivity index (χ1) is 7.90. The van der Waals surface area contributed by atoms with Gasteiger partial charge in [0.2, 0.25) is 0 Å². The van der Waals surface area contributed by atoms with E-state index in [0.717, 1.165) is 18.4 Å². The van der Waals surface area contributed by atoms with Crippen LogP contribution < -0.4 is 5.32 Å². The van der Waals surface area contributed by atoms with Crippen LogP contribution >= 0.6 is 11.6 Å². The van der Waals surface area contributed by atoms with Crippen molar-refractivity contribution >= 4 is 11.6 Å². The number of halogens is 2. The van der Waals surface area contributed by atoms with E-state index in [-0.39, 0.29) is 16.3 Å². The van der Waals surface area contributed by atoms with E-state index in [1.165, 1.54) is 6.07 Å². The molecule has 0 heterocycles. The standard InChI is InChI=1S/C14H21ClFN/c1-5-14(2,3)13(17-4)9-10-6-7-12(16)11(15)8-10/h6-8,13,17H,5,9H2,1-4H3. The number of benzene rings is 1. The predicted octanol–water partition coefficient (Wildman–Crippen LogP) is 4.05. The molecule has 0 saturated carbocycles. The summed E-state index contributed by atoms with van der Waals surface area (Å²) in [6, 6.07) is 5.31. The number of rotatable bonds is 5. The fourth-order valence-electron chi connectivity index (χ4n) is 1.92. The summed E-state index contributed by atoms with van der Waals surface area (Å²) >= 11 is 5.79. The monoisotopic (exact) mass is 257 g/mol. The zero-order chi connectivity index (χ0) is 13.1. The van der Waals surface area contributed by atoms with Crippen LogP contribution in [0.25, 0.3) is 0 Å². The Morgan fingerprint density at radius 1 is 1.41 bits per heavy atom. The lowest BCUT2D eigenvalue weighted by Gasteiger charge is -2.33. The minimum atomic E-state index is -0.355. The van der Waals surface area contributed by atoms with E-state index in [9.17, 15) is 4.39 Å². The third-order valence-electron chi connectivity index (χ3n) is 3.63. The summed E-state index contributed by atoms with van der Waals surface area (Å²) in [6.07, 6.45) is 1.95. The van der Waals surface area contributed by atoms with Crippen molar-refractivity contribution in [3.05, 3.63) is 34.6 Å². The number of nitrogens with one attached hydrogen (secondary N) is 1. The number of hydrogen-bond acceptors (Lipinski definition) is 1. The van der Waals surface area contributed by atoms with Gasteiger partial charge in [-0.1, -0.05) is 38.4 Å². The predicted molar refractivity (Wildman–Crippen MR) is 72.0 cm³/mol. The van der Waals surface area contributed by atoms with E-state index < -0.39 is 0 Å². The van der Waals surface area contributed by atoms with Gasteiger partial charge in [-0.05, 0) is 43.0 Å². The Balaban J connectivity index is 2.84. The summed E-state index contributed by atoms with van der Waals surface area (Å²) in [6.45, 7) is 6.65. The molecule has 0 spiro atoms. The highest BCUT2D eigenvalue weighted by Gasteiger charge is 2.26. The largest absolute Gasteiger partial charge is 0.316 e. The summed E-state index contributed by atoms with van der Waals surface area (Å²) in [7, 11) is 1.97. The van der Waals surface area contributed by atoms with Gasteiger partial charge in [-0.3, -0.25) is 0 Å². The highest BCUT2D eigenvalue weighted by molar-refractivity contribution is 6.30. The Bertz CT molecular complexity index is 376. The van der Waals surface area contributed by atoms with Crippen LogP contribution in [0.5, 0.6) is 0 Å². The Hall–Kier alpha value is -0.600. The summed E-state index contributed by atoms with van der Waals surface area (Å²) < 4.78 is 13.1. The van der Waals surface area contributed by atoms with Crippen molar-refractivity contribution in [3.8, 4) is 0 Å². The summed E-state index contributed by atoms with van der Waals surface area (Å²) in [4.78, 5) is 0. The number of likely N-dealkylation sites (N-methyl/N-ethyl adjacent to an activating group) is 1. The van der Waals surface area contributed by atoms with Crippen molar-refractivity contribution in [2.45, 2.75) is 39.7 Å². The molecule has 1 unspecified atom stereocenters. The average Bonchev–Trinajstić information content (AvgIpc) is 2.30. The van der Waals surface area contributed by atoms with Crippen molar-refractivity contribution in [2.75, 3.05) is 7.05 Å². The first kappa shape index (κ1) is 14.5. The number of hydrogen-bond donors (Lipinski definition) is 1. The molecule has 17 heavy (non-hydrogen) atoms. The molecule has 1 N–H and O–H groups in total. The molecule has 1 rings (SSSR count). The second-order valence-corrected chi connectivity index (χ2v) is 5.54. The smallest absolute Gasteiger partial charge is 0.141 e. The van der Waals surface area contributed by atoms with Gasteiger partial charge in [0.25, 0.3) is 0 Å². The van der Waals surface area contributed by atoms with Crippen molar-refractivity contribution in [1.29, 1.82) is 0 Å². The van der Waals surface area contributed by atoms with Crippen molar-refractivity contribution in [2.24, 2.45) is 5.41 Å². The van der Waals surface area contributed by atoms with Gasteiger partial charge in [-0.15, -0.1) is 0 Å². The van der Waals surface area contributed by atoms with E-state index in [4.69, 9.17) is 11.6 Å². The van der Waals surface area contributed by atoms with E-state index in [2.05, 4.69) is 26.1 Å². The molecular formula is C14H21ClFN. The second kappa shape index (κ2) is 5.83. The van der Waals surface area contributed by atoms with E-state index in [1.54, 1.807) is 12.1 Å². The Morgan fingerprint density at radius 3 is 2.53 bits per heavy atom. The van der Waals surface area contributed by atoms with Gasteiger partial charge in [0.15, 0.2) is 0 Å². The summed E-state index contributed by atoms with van der Waals surface area (Å²) in [5.41, 5.74) is 1.27. The molecule has 0 aliphatic heterocycles. The van der Waals surface area contributed by atoms with Crippen LogP contribution in [0.3, 0.4) is 0 Å². The second-order valence-electron chi connectivity index (χ2n) is 5.14. The fraction of sp³-hybridized carbons (Fsp3) is 0.571. The highest BCUT2D eigenvalue weighted by Crippen LogP contribution is 2.28. The van der Waals surface area contributed by atoms with Crippen molar-refractivity contribution < 1.29 is 4.39 Å². The Morgan fingerprint density at radius 2 is 2.06 bits per heavy atom. The molecule has 0 amide bonds. The maximum absolute atomic E-state index is 13.1. The zero-order valence-corrected chi connectivity index (χ0v) is 11.7. The van der Waals surface area contributed by atoms with Crippen LogP contribution in [0.2, 0.25) is 5.02 Å². The molecule has 0 aliphatic rings. The van der Waals surface area contributed by atoms with Crippen LogP contribution in [0.15, 0.2) is 18.2 Å². The average molecular weight is 258 g/mol. The minimum absolute atomic E-state index is 0.201. The molecule has 1 atom stereocenters. The molecule has 96 valence electrons. The Labute approximate surface area is 108 Å². The molecule has 0 aliphatic carbocycles. The molecule has 0 fully saturated rings. The van der Waals surface area contributed by atoms with Crippen LogP contribution in [-0.4, -0.2) is 13.1 Å².